The highest BCUT2D eigenvalue weighted by molar-refractivity contribution is 6.10. The number of para-hydroxylation sites is 1. The van der Waals surface area contributed by atoms with E-state index in [2.05, 4.69) is 23.0 Å². The molecule has 2 aliphatic rings. The molecule has 0 radical (unpaired) electrons. The Morgan fingerprint density at radius 1 is 1.14 bits per heavy atom. The zero-order chi connectivity index (χ0) is 15.5. The van der Waals surface area contributed by atoms with Crippen molar-refractivity contribution in [2.45, 2.75) is 44.6 Å². The van der Waals surface area contributed by atoms with Crippen LogP contribution in [-0.4, -0.2) is 43.3 Å². The van der Waals surface area contributed by atoms with Gasteiger partial charge in [0.2, 0.25) is 5.91 Å². The fourth-order valence-corrected chi connectivity index (χ4v) is 3.54. The molecule has 0 spiro atoms. The van der Waals surface area contributed by atoms with Gasteiger partial charge in [0.1, 0.15) is 12.4 Å². The molecule has 4 heteroatoms. The lowest BCUT2D eigenvalue weighted by Gasteiger charge is -2.31. The van der Waals surface area contributed by atoms with Crippen molar-refractivity contribution < 1.29 is 4.79 Å². The van der Waals surface area contributed by atoms with E-state index in [1.54, 1.807) is 4.90 Å². The first-order valence-corrected chi connectivity index (χ1v) is 8.31. The van der Waals surface area contributed by atoms with E-state index >= 15 is 0 Å². The molecular weight excluding hydrogens is 274 g/mol. The normalized spacial score (nSPS) is 20.0. The Morgan fingerprint density at radius 3 is 2.55 bits per heavy atom. The highest BCUT2D eigenvalue weighted by Crippen LogP contribution is 2.27. The van der Waals surface area contributed by atoms with E-state index in [4.69, 9.17) is 0 Å². The topological polar surface area (TPSA) is 35.9 Å². The molecule has 22 heavy (non-hydrogen) atoms. The van der Waals surface area contributed by atoms with Crippen LogP contribution >= 0.6 is 0 Å². The van der Waals surface area contributed by atoms with Crippen molar-refractivity contribution >= 4 is 17.4 Å². The molecule has 1 fully saturated rings. The van der Waals surface area contributed by atoms with Crippen molar-refractivity contribution in [2.75, 3.05) is 25.5 Å². The summed E-state index contributed by atoms with van der Waals surface area (Å²) in [4.78, 5) is 20.9. The number of benzene rings is 1. The lowest BCUT2D eigenvalue weighted by atomic mass is 10.0. The average molecular weight is 299 g/mol. The third kappa shape index (κ3) is 2.87. The number of benzodiazepines with no additional fused rings is 1. The molecule has 0 atom stereocenters. The summed E-state index contributed by atoms with van der Waals surface area (Å²) >= 11 is 0. The van der Waals surface area contributed by atoms with Crippen LogP contribution in [0.1, 0.15) is 44.1 Å². The maximum atomic E-state index is 12.2. The van der Waals surface area contributed by atoms with Crippen molar-refractivity contribution in [2.24, 2.45) is 4.99 Å². The second-order valence-electron chi connectivity index (χ2n) is 6.37. The number of anilines is 1. The molecule has 1 heterocycles. The summed E-state index contributed by atoms with van der Waals surface area (Å²) in [6.45, 7) is 0.234. The third-order valence-corrected chi connectivity index (χ3v) is 4.95. The van der Waals surface area contributed by atoms with Crippen LogP contribution in [-0.2, 0) is 4.79 Å². The molecule has 1 aromatic carbocycles. The second-order valence-corrected chi connectivity index (χ2v) is 6.37. The van der Waals surface area contributed by atoms with Crippen LogP contribution in [0.3, 0.4) is 0 Å². The monoisotopic (exact) mass is 299 g/mol. The molecule has 0 saturated heterocycles. The molecular formula is C18H25N3O. The van der Waals surface area contributed by atoms with Crippen LogP contribution in [0.4, 0.5) is 5.69 Å². The quantitative estimate of drug-likeness (QED) is 0.747. The first kappa shape index (κ1) is 15.1. The van der Waals surface area contributed by atoms with Gasteiger partial charge in [0.05, 0.1) is 5.69 Å². The summed E-state index contributed by atoms with van der Waals surface area (Å²) in [6, 6.07) is 8.63. The zero-order valence-electron chi connectivity index (χ0n) is 13.6. The number of hydrogen-bond donors (Lipinski definition) is 0. The minimum absolute atomic E-state index is 0.0525. The molecule has 0 bridgehead atoms. The fraction of sp³-hybridized carbons (Fsp3) is 0.556. The highest BCUT2D eigenvalue weighted by Gasteiger charge is 2.26. The zero-order valence-corrected chi connectivity index (χ0v) is 13.6. The van der Waals surface area contributed by atoms with Gasteiger partial charge in [0.15, 0.2) is 0 Å². The number of carbonyl (C=O) groups excluding carboxylic acids is 1. The molecule has 3 rings (SSSR count). The van der Waals surface area contributed by atoms with E-state index in [-0.39, 0.29) is 12.5 Å². The summed E-state index contributed by atoms with van der Waals surface area (Å²) in [7, 11) is 3.98. The van der Waals surface area contributed by atoms with Crippen molar-refractivity contribution in [3.63, 3.8) is 0 Å². The van der Waals surface area contributed by atoms with Gasteiger partial charge in [-0.2, -0.15) is 0 Å². The number of carbonyl (C=O) groups is 1. The Bertz CT molecular complexity index is 573. The highest BCUT2D eigenvalue weighted by atomic mass is 16.2. The van der Waals surface area contributed by atoms with Gasteiger partial charge >= 0.3 is 0 Å². The van der Waals surface area contributed by atoms with Crippen LogP contribution in [0.25, 0.3) is 0 Å². The molecule has 1 aliphatic heterocycles. The van der Waals surface area contributed by atoms with Crippen LogP contribution in [0.5, 0.6) is 0 Å². The number of rotatable bonds is 1. The lowest BCUT2D eigenvalue weighted by Crippen LogP contribution is -2.37. The van der Waals surface area contributed by atoms with E-state index < -0.39 is 0 Å². The molecule has 1 aromatic rings. The summed E-state index contributed by atoms with van der Waals surface area (Å²) in [6.07, 6.45) is 7.72. The van der Waals surface area contributed by atoms with Gasteiger partial charge in [-0.3, -0.25) is 9.79 Å². The van der Waals surface area contributed by atoms with Crippen molar-refractivity contribution in [1.82, 2.24) is 4.90 Å². The van der Waals surface area contributed by atoms with Gasteiger partial charge in [-0.15, -0.1) is 0 Å². The maximum absolute atomic E-state index is 12.2. The Labute approximate surface area is 132 Å². The molecule has 0 N–H and O–H groups in total. The number of nitrogens with zero attached hydrogens (tertiary/aromatic N) is 3. The van der Waals surface area contributed by atoms with Crippen molar-refractivity contribution in [3.05, 3.63) is 29.8 Å². The van der Waals surface area contributed by atoms with E-state index in [0.717, 1.165) is 17.1 Å². The van der Waals surface area contributed by atoms with Gasteiger partial charge in [0, 0.05) is 25.7 Å². The van der Waals surface area contributed by atoms with Crippen LogP contribution < -0.4 is 4.90 Å². The second kappa shape index (κ2) is 6.51. The average Bonchev–Trinajstić information content (AvgIpc) is 2.88. The maximum Gasteiger partial charge on any atom is 0.248 e. The molecule has 0 aromatic heterocycles. The molecule has 4 nitrogen and oxygen atoms in total. The molecule has 1 saturated carbocycles. The lowest BCUT2D eigenvalue weighted by molar-refractivity contribution is -0.116. The predicted molar refractivity (Wildman–Crippen MR) is 90.5 cm³/mol. The van der Waals surface area contributed by atoms with Crippen LogP contribution in [0.2, 0.25) is 0 Å². The van der Waals surface area contributed by atoms with Gasteiger partial charge in [-0.25, -0.2) is 0 Å². The summed E-state index contributed by atoms with van der Waals surface area (Å²) in [5.41, 5.74) is 2.03. The van der Waals surface area contributed by atoms with Gasteiger partial charge in [0.25, 0.3) is 0 Å². The minimum Gasteiger partial charge on any atom is -0.356 e. The smallest absolute Gasteiger partial charge is 0.248 e. The van der Waals surface area contributed by atoms with Gasteiger partial charge < -0.3 is 9.80 Å². The standard InChI is InChI=1S/C18H25N3O/c1-20(14-9-5-3-4-6-10-14)18-15-11-7-8-12-16(15)21(2)17(22)13-19-18/h7-8,11-12,14H,3-6,9-10,13H2,1-2H3. The van der Waals surface area contributed by atoms with Crippen LogP contribution in [0.15, 0.2) is 29.3 Å². The summed E-state index contributed by atoms with van der Waals surface area (Å²) in [5.74, 6) is 1.02. The Morgan fingerprint density at radius 2 is 1.82 bits per heavy atom. The first-order chi connectivity index (χ1) is 10.7. The summed E-state index contributed by atoms with van der Waals surface area (Å²) in [5, 5.41) is 0. The van der Waals surface area contributed by atoms with E-state index in [9.17, 15) is 4.79 Å². The molecule has 1 amide bonds. The van der Waals surface area contributed by atoms with Crippen molar-refractivity contribution in [3.8, 4) is 0 Å². The first-order valence-electron chi connectivity index (χ1n) is 8.31. The molecule has 1 aliphatic carbocycles. The fourth-order valence-electron chi connectivity index (χ4n) is 3.54. The summed E-state index contributed by atoms with van der Waals surface area (Å²) < 4.78 is 0. The molecule has 0 unspecified atom stereocenters. The Hall–Kier alpha value is -1.84. The predicted octanol–water partition coefficient (Wildman–Crippen LogP) is 3.06. The number of fused-ring (bicyclic) bond motifs is 1. The minimum atomic E-state index is 0.0525. The third-order valence-electron chi connectivity index (χ3n) is 4.95. The number of hydrogen-bond acceptors (Lipinski definition) is 3. The Balaban J connectivity index is 1.94. The number of aliphatic imine (C=N–C) groups is 1. The van der Waals surface area contributed by atoms with Crippen LogP contribution in [0, 0.1) is 0 Å². The van der Waals surface area contributed by atoms with E-state index in [1.807, 2.05) is 25.2 Å². The largest absolute Gasteiger partial charge is 0.356 e. The van der Waals surface area contributed by atoms with Crippen molar-refractivity contribution in [1.29, 1.82) is 0 Å². The number of amides is 1. The Kier molecular flexibility index (Phi) is 4.46. The van der Waals surface area contributed by atoms with Gasteiger partial charge in [-0.1, -0.05) is 37.8 Å². The number of amidine groups is 1. The SMILES string of the molecule is CN1C(=O)CN=C(N(C)C2CCCCCC2)c2ccccc21. The van der Waals surface area contributed by atoms with E-state index in [1.165, 1.54) is 38.5 Å². The van der Waals surface area contributed by atoms with Gasteiger partial charge in [-0.05, 0) is 25.0 Å². The number of likely N-dealkylation sites (N-methyl/N-ethyl adjacent to an activating group) is 1. The van der Waals surface area contributed by atoms with E-state index in [0.29, 0.717) is 6.04 Å². The molecule has 118 valence electrons.